The molecule has 0 bridgehead atoms. The van der Waals surface area contributed by atoms with Gasteiger partial charge in [-0.1, -0.05) is 0 Å². The Morgan fingerprint density at radius 3 is 2.80 bits per heavy atom. The van der Waals surface area contributed by atoms with E-state index in [0.29, 0.717) is 13.2 Å². The molecule has 4 heteroatoms. The molecule has 1 amide bonds. The first-order chi connectivity index (χ1) is 7.07. The Bertz CT molecular complexity index is 221. The lowest BCUT2D eigenvalue weighted by molar-refractivity contribution is -0.122. The topological polar surface area (TPSA) is 64.4 Å². The Kier molecular flexibility index (Phi) is 7.69. The molecule has 0 aliphatic heterocycles. The van der Waals surface area contributed by atoms with Gasteiger partial charge in [-0.05, 0) is 20.3 Å². The van der Waals surface area contributed by atoms with Crippen molar-refractivity contribution in [1.82, 2.24) is 5.32 Å². The minimum Gasteiger partial charge on any atom is -0.379 e. The van der Waals surface area contributed by atoms with E-state index in [-0.39, 0.29) is 18.4 Å². The smallest absolute Gasteiger partial charge is 0.237 e. The molecule has 0 heterocycles. The fourth-order valence-electron chi connectivity index (χ4n) is 0.954. The van der Waals surface area contributed by atoms with Gasteiger partial charge in [0.1, 0.15) is 0 Å². The van der Waals surface area contributed by atoms with Gasteiger partial charge in [0.05, 0.1) is 12.1 Å². The Balaban J connectivity index is 3.43. The van der Waals surface area contributed by atoms with E-state index < -0.39 is 6.04 Å². The molecule has 0 saturated carbocycles. The van der Waals surface area contributed by atoms with E-state index in [9.17, 15) is 4.79 Å². The van der Waals surface area contributed by atoms with Crippen LogP contribution >= 0.6 is 0 Å². The van der Waals surface area contributed by atoms with Gasteiger partial charge in [0.15, 0.2) is 0 Å². The highest BCUT2D eigenvalue weighted by molar-refractivity contribution is 5.81. The van der Waals surface area contributed by atoms with Crippen LogP contribution in [0, 0.1) is 12.3 Å². The average molecular weight is 212 g/mol. The fraction of sp³-hybridized carbons (Fsp3) is 0.727. The number of hydrogen-bond donors (Lipinski definition) is 2. The summed E-state index contributed by atoms with van der Waals surface area (Å²) in [5.74, 6) is 2.16. The van der Waals surface area contributed by atoms with Crippen molar-refractivity contribution < 1.29 is 9.53 Å². The van der Waals surface area contributed by atoms with E-state index in [1.54, 1.807) is 0 Å². The Hall–Kier alpha value is -1.05. The zero-order valence-electron chi connectivity index (χ0n) is 9.45. The van der Waals surface area contributed by atoms with Gasteiger partial charge in [0.2, 0.25) is 5.91 Å². The van der Waals surface area contributed by atoms with Crippen LogP contribution in [-0.4, -0.2) is 31.2 Å². The number of rotatable bonds is 7. The van der Waals surface area contributed by atoms with Gasteiger partial charge in [-0.25, -0.2) is 0 Å². The third kappa shape index (κ3) is 7.98. The fourth-order valence-corrected chi connectivity index (χ4v) is 0.954. The number of nitrogens with two attached hydrogens (primary N) is 1. The number of ether oxygens (including phenoxy) is 1. The van der Waals surface area contributed by atoms with Gasteiger partial charge in [-0.3, -0.25) is 4.79 Å². The molecule has 1 unspecified atom stereocenters. The molecule has 0 aromatic heterocycles. The summed E-state index contributed by atoms with van der Waals surface area (Å²) >= 11 is 0. The Morgan fingerprint density at radius 2 is 2.27 bits per heavy atom. The summed E-state index contributed by atoms with van der Waals surface area (Å²) < 4.78 is 5.32. The second-order valence-electron chi connectivity index (χ2n) is 3.58. The van der Waals surface area contributed by atoms with Gasteiger partial charge >= 0.3 is 0 Å². The van der Waals surface area contributed by atoms with Crippen molar-refractivity contribution in [2.24, 2.45) is 5.73 Å². The number of terminal acetylenes is 1. The van der Waals surface area contributed by atoms with Crippen LogP contribution in [0.4, 0.5) is 0 Å². The van der Waals surface area contributed by atoms with E-state index >= 15 is 0 Å². The van der Waals surface area contributed by atoms with Gasteiger partial charge in [-0.2, -0.15) is 0 Å². The molecular weight excluding hydrogens is 192 g/mol. The lowest BCUT2D eigenvalue weighted by Gasteiger charge is -2.10. The van der Waals surface area contributed by atoms with Crippen molar-refractivity contribution in [3.8, 4) is 12.3 Å². The molecule has 0 aromatic rings. The highest BCUT2D eigenvalue weighted by atomic mass is 16.5. The quantitative estimate of drug-likeness (QED) is 0.470. The lowest BCUT2D eigenvalue weighted by atomic mass is 10.2. The Labute approximate surface area is 91.6 Å². The first-order valence-corrected chi connectivity index (χ1v) is 5.16. The first-order valence-electron chi connectivity index (χ1n) is 5.16. The third-order valence-electron chi connectivity index (χ3n) is 1.75. The highest BCUT2D eigenvalue weighted by Gasteiger charge is 2.10. The van der Waals surface area contributed by atoms with Crippen LogP contribution in [-0.2, 0) is 9.53 Å². The van der Waals surface area contributed by atoms with Gasteiger partial charge in [0.25, 0.3) is 0 Å². The maximum atomic E-state index is 11.3. The molecule has 0 saturated heterocycles. The molecule has 3 N–H and O–H groups in total. The molecule has 86 valence electrons. The van der Waals surface area contributed by atoms with E-state index in [1.807, 2.05) is 13.8 Å². The number of amides is 1. The molecule has 0 fully saturated rings. The molecule has 0 aliphatic carbocycles. The standard InChI is InChI=1S/C11H20N2O2/c1-4-6-10(12)11(14)13-7-5-8-15-9(2)3/h1,9-10H,5-8,12H2,2-3H3,(H,13,14). The van der Waals surface area contributed by atoms with E-state index in [4.69, 9.17) is 16.9 Å². The number of carbonyl (C=O) groups is 1. The van der Waals surface area contributed by atoms with Gasteiger partial charge in [0, 0.05) is 19.6 Å². The molecule has 0 spiro atoms. The summed E-state index contributed by atoms with van der Waals surface area (Å²) in [6.07, 6.45) is 6.33. The summed E-state index contributed by atoms with van der Waals surface area (Å²) in [5, 5.41) is 2.70. The van der Waals surface area contributed by atoms with Crippen LogP contribution < -0.4 is 11.1 Å². The van der Waals surface area contributed by atoms with Crippen molar-refractivity contribution in [3.05, 3.63) is 0 Å². The largest absolute Gasteiger partial charge is 0.379 e. The minimum absolute atomic E-state index is 0.197. The second kappa shape index (κ2) is 8.27. The predicted molar refractivity (Wildman–Crippen MR) is 60.1 cm³/mol. The first kappa shape index (κ1) is 13.9. The molecule has 0 aromatic carbocycles. The van der Waals surface area contributed by atoms with Crippen molar-refractivity contribution in [3.63, 3.8) is 0 Å². The normalized spacial score (nSPS) is 12.2. The zero-order valence-corrected chi connectivity index (χ0v) is 9.45. The van der Waals surface area contributed by atoms with Crippen LogP contribution in [0.5, 0.6) is 0 Å². The minimum atomic E-state index is -0.596. The predicted octanol–water partition coefficient (Wildman–Crippen LogP) is 0.268. The van der Waals surface area contributed by atoms with Crippen molar-refractivity contribution in [1.29, 1.82) is 0 Å². The van der Waals surface area contributed by atoms with Crippen LogP contribution in [0.2, 0.25) is 0 Å². The van der Waals surface area contributed by atoms with E-state index in [2.05, 4.69) is 11.2 Å². The van der Waals surface area contributed by atoms with E-state index in [0.717, 1.165) is 6.42 Å². The molecule has 15 heavy (non-hydrogen) atoms. The number of hydrogen-bond acceptors (Lipinski definition) is 3. The van der Waals surface area contributed by atoms with Crippen molar-refractivity contribution in [2.75, 3.05) is 13.2 Å². The number of carbonyl (C=O) groups excluding carboxylic acids is 1. The number of nitrogens with one attached hydrogen (secondary N) is 1. The molecule has 1 atom stereocenters. The maximum absolute atomic E-state index is 11.3. The van der Waals surface area contributed by atoms with Crippen molar-refractivity contribution in [2.45, 2.75) is 38.8 Å². The van der Waals surface area contributed by atoms with Crippen molar-refractivity contribution >= 4 is 5.91 Å². The summed E-state index contributed by atoms with van der Waals surface area (Å²) in [7, 11) is 0. The molecule has 4 nitrogen and oxygen atoms in total. The van der Waals surface area contributed by atoms with Crippen LogP contribution in [0.1, 0.15) is 26.7 Å². The van der Waals surface area contributed by atoms with Crippen LogP contribution in [0.25, 0.3) is 0 Å². The maximum Gasteiger partial charge on any atom is 0.237 e. The molecule has 0 aliphatic rings. The molecule has 0 radical (unpaired) electrons. The van der Waals surface area contributed by atoms with Gasteiger partial charge < -0.3 is 15.8 Å². The summed E-state index contributed by atoms with van der Waals surface area (Å²) in [6.45, 7) is 5.16. The summed E-state index contributed by atoms with van der Waals surface area (Å²) in [6, 6.07) is -0.596. The highest BCUT2D eigenvalue weighted by Crippen LogP contribution is 1.90. The van der Waals surface area contributed by atoms with E-state index in [1.165, 1.54) is 0 Å². The van der Waals surface area contributed by atoms with Crippen LogP contribution in [0.15, 0.2) is 0 Å². The molecular formula is C11H20N2O2. The zero-order chi connectivity index (χ0) is 11.7. The third-order valence-corrected chi connectivity index (χ3v) is 1.75. The average Bonchev–Trinajstić information content (AvgIpc) is 2.16. The van der Waals surface area contributed by atoms with Crippen LogP contribution in [0.3, 0.4) is 0 Å². The summed E-state index contributed by atoms with van der Waals surface area (Å²) in [4.78, 5) is 11.3. The second-order valence-corrected chi connectivity index (χ2v) is 3.58. The monoisotopic (exact) mass is 212 g/mol. The van der Waals surface area contributed by atoms with Gasteiger partial charge in [-0.15, -0.1) is 12.3 Å². The SMILES string of the molecule is C#CCC(N)C(=O)NCCCOC(C)C. The molecule has 0 rings (SSSR count). The summed E-state index contributed by atoms with van der Waals surface area (Å²) in [5.41, 5.74) is 5.50. The Morgan fingerprint density at radius 1 is 1.60 bits per heavy atom. The lowest BCUT2D eigenvalue weighted by Crippen LogP contribution is -2.40.